The van der Waals surface area contributed by atoms with Gasteiger partial charge >= 0.3 is 0 Å². The van der Waals surface area contributed by atoms with Gasteiger partial charge in [0, 0.05) is 71.7 Å². The fourth-order valence-corrected chi connectivity index (χ4v) is 14.0. The molecule has 0 aliphatic heterocycles. The Morgan fingerprint density at radius 3 is 1.26 bits per heavy atom. The van der Waals surface area contributed by atoms with Crippen LogP contribution in [-0.4, -0.2) is 9.13 Å². The zero-order chi connectivity index (χ0) is 56.7. The SMILES string of the molecule is C1=C(c2ccccc2)CCc2c1c1cc(N(c3cccc(N(c4ccc5c(c4)c4cc(-c6ccccc6)ccc4n5-c4cccc5ccccc45)c4cccc5ccccc45)c3)c3cccc4ccccc34)ccc1n2-c1cccc2ccccc12. The quantitative estimate of drug-likeness (QED) is 0.136. The summed E-state index contributed by atoms with van der Waals surface area (Å²) in [7, 11) is 0. The lowest BCUT2D eigenvalue weighted by atomic mass is 9.91. The van der Waals surface area contributed by atoms with Gasteiger partial charge in [-0.3, -0.25) is 0 Å². The number of fused-ring (bicyclic) bond motifs is 10. The van der Waals surface area contributed by atoms with Crippen LogP contribution < -0.4 is 9.80 Å². The number of benzene rings is 14. The van der Waals surface area contributed by atoms with Crippen LogP contribution in [0.5, 0.6) is 0 Å². The van der Waals surface area contributed by atoms with Crippen molar-refractivity contribution < 1.29 is 0 Å². The summed E-state index contributed by atoms with van der Waals surface area (Å²) in [6, 6.07) is 114. The number of hydrogen-bond donors (Lipinski definition) is 0. The van der Waals surface area contributed by atoms with E-state index < -0.39 is 0 Å². The lowest BCUT2D eigenvalue weighted by Crippen LogP contribution is -2.14. The summed E-state index contributed by atoms with van der Waals surface area (Å²) < 4.78 is 5.03. The fraction of sp³-hybridized carbons (Fsp3) is 0.0244. The minimum Gasteiger partial charge on any atom is -0.312 e. The monoisotopic (exact) mass is 1100 g/mol. The van der Waals surface area contributed by atoms with Crippen molar-refractivity contribution in [1.82, 2.24) is 9.13 Å². The Bertz CT molecular complexity index is 5360. The van der Waals surface area contributed by atoms with Crippen molar-refractivity contribution >= 4 is 122 Å². The van der Waals surface area contributed by atoms with Crippen molar-refractivity contribution in [3.8, 4) is 22.5 Å². The second-order valence-electron chi connectivity index (χ2n) is 22.8. The lowest BCUT2D eigenvalue weighted by molar-refractivity contribution is 0.901. The van der Waals surface area contributed by atoms with Crippen LogP contribution in [0.25, 0.3) is 110 Å². The van der Waals surface area contributed by atoms with Gasteiger partial charge in [0.2, 0.25) is 0 Å². The van der Waals surface area contributed by atoms with Gasteiger partial charge < -0.3 is 18.9 Å². The summed E-state index contributed by atoms with van der Waals surface area (Å²) in [4.78, 5) is 4.97. The highest BCUT2D eigenvalue weighted by molar-refractivity contribution is 6.14. The van der Waals surface area contributed by atoms with Gasteiger partial charge in [0.05, 0.1) is 39.3 Å². The number of allylic oxidation sites excluding steroid dienone is 1. The molecule has 0 saturated heterocycles. The van der Waals surface area contributed by atoms with E-state index in [0.29, 0.717) is 0 Å². The van der Waals surface area contributed by atoms with E-state index in [1.54, 1.807) is 0 Å². The Kier molecular flexibility index (Phi) is 11.7. The predicted octanol–water partition coefficient (Wildman–Crippen LogP) is 22.4. The molecule has 0 atom stereocenters. The van der Waals surface area contributed by atoms with Gasteiger partial charge in [-0.1, -0.05) is 218 Å². The molecule has 1 aliphatic carbocycles. The van der Waals surface area contributed by atoms with Gasteiger partial charge in [0.15, 0.2) is 0 Å². The van der Waals surface area contributed by atoms with Crippen molar-refractivity contribution in [3.63, 3.8) is 0 Å². The third-order valence-electron chi connectivity index (χ3n) is 17.9. The van der Waals surface area contributed by atoms with E-state index >= 15 is 0 Å². The smallest absolute Gasteiger partial charge is 0.0542 e. The van der Waals surface area contributed by atoms with Crippen LogP contribution in [0.2, 0.25) is 0 Å². The van der Waals surface area contributed by atoms with Crippen LogP contribution >= 0.6 is 0 Å². The first kappa shape index (κ1) is 49.4. The first-order valence-electron chi connectivity index (χ1n) is 29.9. The molecule has 0 saturated carbocycles. The van der Waals surface area contributed by atoms with Crippen molar-refractivity contribution in [3.05, 3.63) is 326 Å². The average molecular weight is 1100 g/mol. The molecular weight excluding hydrogens is 1040 g/mol. The van der Waals surface area contributed by atoms with Gasteiger partial charge in [-0.25, -0.2) is 0 Å². The Balaban J connectivity index is 0.898. The molecule has 404 valence electrons. The summed E-state index contributed by atoms with van der Waals surface area (Å²) in [5, 5.41) is 13.2. The molecule has 0 bridgehead atoms. The Morgan fingerprint density at radius 1 is 0.256 bits per heavy atom. The standard InChI is InChI=1S/C82H56N4/c1-3-20-55(21-4-1)61-42-46-79-71(50-61)73-53-65(44-48-81(73)85(79)77-40-17-30-59-26-9-13-36-69(59)77)83(75-38-15-28-57-24-7-11-34-67(57)75)63-32-19-33-64(52-63)84(76-39-16-29-58-25-8-12-35-68(58)76)66-45-49-82-74(54-66)72-51-62(56-22-5-2-6-23-56)43-47-80(72)86(82)78-41-18-31-60-27-10-14-37-70(60)78/h1-42,44-46,48-54H,43,47H2. The molecule has 16 aromatic rings. The van der Waals surface area contributed by atoms with Crippen molar-refractivity contribution in [2.75, 3.05) is 9.80 Å². The molecule has 4 nitrogen and oxygen atoms in total. The highest BCUT2D eigenvalue weighted by Crippen LogP contribution is 2.48. The summed E-state index contributed by atoms with van der Waals surface area (Å²) in [5.41, 5.74) is 19.9. The molecule has 4 heteroatoms. The van der Waals surface area contributed by atoms with Crippen molar-refractivity contribution in [2.24, 2.45) is 0 Å². The predicted molar refractivity (Wildman–Crippen MR) is 365 cm³/mol. The van der Waals surface area contributed by atoms with Crippen molar-refractivity contribution in [2.45, 2.75) is 12.8 Å². The van der Waals surface area contributed by atoms with Gasteiger partial charge in [-0.05, 0) is 154 Å². The summed E-state index contributed by atoms with van der Waals surface area (Å²) in [6.07, 6.45) is 4.36. The molecule has 2 heterocycles. The summed E-state index contributed by atoms with van der Waals surface area (Å²) >= 11 is 0. The highest BCUT2D eigenvalue weighted by atomic mass is 15.2. The third kappa shape index (κ3) is 8.13. The minimum atomic E-state index is 0.923. The summed E-state index contributed by atoms with van der Waals surface area (Å²) in [5.74, 6) is 0. The highest BCUT2D eigenvalue weighted by Gasteiger charge is 2.27. The minimum absolute atomic E-state index is 0.923. The largest absolute Gasteiger partial charge is 0.312 e. The van der Waals surface area contributed by atoms with Crippen molar-refractivity contribution in [1.29, 1.82) is 0 Å². The molecule has 17 rings (SSSR count). The topological polar surface area (TPSA) is 16.3 Å². The number of anilines is 6. The van der Waals surface area contributed by atoms with E-state index in [1.807, 2.05) is 0 Å². The van der Waals surface area contributed by atoms with Crippen LogP contribution in [0.4, 0.5) is 34.1 Å². The summed E-state index contributed by atoms with van der Waals surface area (Å²) in [6.45, 7) is 0. The molecule has 0 N–H and O–H groups in total. The van der Waals surface area contributed by atoms with E-state index in [4.69, 9.17) is 0 Å². The van der Waals surface area contributed by atoms with Gasteiger partial charge in [-0.2, -0.15) is 0 Å². The van der Waals surface area contributed by atoms with E-state index in [9.17, 15) is 0 Å². The maximum absolute atomic E-state index is 2.55. The fourth-order valence-electron chi connectivity index (χ4n) is 14.0. The molecule has 14 aromatic carbocycles. The van der Waals surface area contributed by atoms with Gasteiger partial charge in [-0.15, -0.1) is 0 Å². The van der Waals surface area contributed by atoms with E-state index in [0.717, 1.165) is 63.7 Å². The second-order valence-corrected chi connectivity index (χ2v) is 22.8. The first-order valence-corrected chi connectivity index (χ1v) is 29.9. The number of hydrogen-bond acceptors (Lipinski definition) is 2. The van der Waals surface area contributed by atoms with Gasteiger partial charge in [0.25, 0.3) is 0 Å². The number of rotatable bonds is 10. The van der Waals surface area contributed by atoms with E-state index in [2.05, 4.69) is 334 Å². The van der Waals surface area contributed by atoms with Crippen LogP contribution in [0.15, 0.2) is 309 Å². The average Bonchev–Trinajstić information content (AvgIpc) is 1.70. The van der Waals surface area contributed by atoms with Crippen LogP contribution in [0.3, 0.4) is 0 Å². The maximum atomic E-state index is 2.55. The van der Waals surface area contributed by atoms with E-state index in [1.165, 1.54) is 104 Å². The van der Waals surface area contributed by atoms with E-state index in [-0.39, 0.29) is 0 Å². The molecule has 0 unspecified atom stereocenters. The molecule has 1 aliphatic rings. The maximum Gasteiger partial charge on any atom is 0.0542 e. The Labute approximate surface area is 499 Å². The Morgan fingerprint density at radius 2 is 0.674 bits per heavy atom. The second kappa shape index (κ2) is 20.3. The normalized spacial score (nSPS) is 12.4. The number of aromatic nitrogens is 2. The lowest BCUT2D eigenvalue weighted by Gasteiger charge is -2.30. The molecule has 0 radical (unpaired) electrons. The zero-order valence-corrected chi connectivity index (χ0v) is 47.2. The number of nitrogens with zero attached hydrogens (tertiary/aromatic N) is 4. The van der Waals surface area contributed by atoms with Crippen LogP contribution in [-0.2, 0) is 6.42 Å². The molecule has 86 heavy (non-hydrogen) atoms. The molecule has 2 aromatic heterocycles. The molecule has 0 spiro atoms. The zero-order valence-electron chi connectivity index (χ0n) is 47.2. The molecule has 0 fully saturated rings. The molecular formula is C82H56N4. The van der Waals surface area contributed by atoms with Crippen LogP contribution in [0.1, 0.15) is 23.2 Å². The Hall–Kier alpha value is -11.2. The van der Waals surface area contributed by atoms with Crippen LogP contribution in [0, 0.1) is 0 Å². The third-order valence-corrected chi connectivity index (χ3v) is 17.9. The first-order chi connectivity index (χ1) is 42.7. The van der Waals surface area contributed by atoms with Gasteiger partial charge in [0.1, 0.15) is 0 Å². The molecule has 0 amide bonds.